The Morgan fingerprint density at radius 2 is 2.06 bits per heavy atom. The average molecular weight is 437 g/mol. The van der Waals surface area contributed by atoms with Crippen LogP contribution in [-0.2, 0) is 4.74 Å². The standard InChI is InChI=1S/C22H24N6O2S/c1-14-12-28(13-23-14)18-4-3-16(11-19(18)29-2)25-22-26-17-7-10-31-20(17)21(27-22)24-15-5-8-30-9-6-15/h3-4,7,10-13,15H,5-6,8-9H2,1-2H3,(H2,24,25,26,27). The van der Waals surface area contributed by atoms with Gasteiger partial charge >= 0.3 is 0 Å². The summed E-state index contributed by atoms with van der Waals surface area (Å²) in [5, 5.41) is 8.98. The Bertz CT molecular complexity index is 1200. The molecule has 1 saturated heterocycles. The number of nitrogens with one attached hydrogen (secondary N) is 2. The van der Waals surface area contributed by atoms with Gasteiger partial charge in [-0.2, -0.15) is 4.98 Å². The molecule has 0 spiro atoms. The summed E-state index contributed by atoms with van der Waals surface area (Å²) in [6, 6.07) is 8.30. The predicted octanol–water partition coefficient (Wildman–Crippen LogP) is 4.53. The van der Waals surface area contributed by atoms with Crippen LogP contribution < -0.4 is 15.4 Å². The molecule has 0 bridgehead atoms. The smallest absolute Gasteiger partial charge is 0.229 e. The first-order valence-electron chi connectivity index (χ1n) is 10.2. The van der Waals surface area contributed by atoms with E-state index in [9.17, 15) is 0 Å². The van der Waals surface area contributed by atoms with Gasteiger partial charge in [-0.25, -0.2) is 9.97 Å². The number of thiophene rings is 1. The van der Waals surface area contributed by atoms with Crippen LogP contribution in [0, 0.1) is 6.92 Å². The summed E-state index contributed by atoms with van der Waals surface area (Å²) < 4.78 is 14.1. The molecule has 31 heavy (non-hydrogen) atoms. The second kappa shape index (κ2) is 8.52. The highest BCUT2D eigenvalue weighted by Crippen LogP contribution is 2.31. The number of ether oxygens (including phenoxy) is 2. The molecule has 0 aliphatic carbocycles. The number of benzene rings is 1. The van der Waals surface area contributed by atoms with E-state index in [2.05, 4.69) is 15.6 Å². The minimum atomic E-state index is 0.361. The van der Waals surface area contributed by atoms with E-state index in [0.717, 1.165) is 64.9 Å². The molecule has 0 unspecified atom stereocenters. The van der Waals surface area contributed by atoms with Crippen molar-refractivity contribution in [3.8, 4) is 11.4 Å². The fourth-order valence-electron chi connectivity index (χ4n) is 3.70. The third-order valence-electron chi connectivity index (χ3n) is 5.29. The van der Waals surface area contributed by atoms with E-state index in [4.69, 9.17) is 19.4 Å². The maximum Gasteiger partial charge on any atom is 0.229 e. The molecule has 1 aliphatic rings. The van der Waals surface area contributed by atoms with Crippen LogP contribution in [-0.4, -0.2) is 45.9 Å². The van der Waals surface area contributed by atoms with Crippen LogP contribution in [0.3, 0.4) is 0 Å². The molecule has 3 aromatic heterocycles. The van der Waals surface area contributed by atoms with Gasteiger partial charge in [-0.3, -0.25) is 0 Å². The largest absolute Gasteiger partial charge is 0.494 e. The zero-order chi connectivity index (χ0) is 21.2. The molecule has 0 saturated carbocycles. The lowest BCUT2D eigenvalue weighted by atomic mass is 10.1. The van der Waals surface area contributed by atoms with E-state index in [1.165, 1.54) is 0 Å². The fourth-order valence-corrected chi connectivity index (χ4v) is 4.49. The van der Waals surface area contributed by atoms with Crippen molar-refractivity contribution in [2.45, 2.75) is 25.8 Å². The monoisotopic (exact) mass is 436 g/mol. The second-order valence-corrected chi connectivity index (χ2v) is 8.41. The molecule has 4 aromatic rings. The Morgan fingerprint density at radius 1 is 1.19 bits per heavy atom. The van der Waals surface area contributed by atoms with Crippen molar-refractivity contribution in [3.05, 3.63) is 47.9 Å². The molecule has 8 nitrogen and oxygen atoms in total. The number of hydrogen-bond donors (Lipinski definition) is 2. The summed E-state index contributed by atoms with van der Waals surface area (Å²) in [7, 11) is 1.66. The number of methoxy groups -OCH3 is 1. The maximum absolute atomic E-state index is 5.62. The Labute approximate surface area is 184 Å². The maximum atomic E-state index is 5.62. The lowest BCUT2D eigenvalue weighted by molar-refractivity contribution is 0.0904. The van der Waals surface area contributed by atoms with Crippen molar-refractivity contribution in [2.24, 2.45) is 0 Å². The summed E-state index contributed by atoms with van der Waals surface area (Å²) in [5.41, 5.74) is 3.65. The molecule has 1 aromatic carbocycles. The lowest BCUT2D eigenvalue weighted by Crippen LogP contribution is -2.28. The minimum absolute atomic E-state index is 0.361. The van der Waals surface area contributed by atoms with Crippen LogP contribution in [0.1, 0.15) is 18.5 Å². The Hall–Kier alpha value is -3.17. The Kier molecular flexibility index (Phi) is 5.44. The summed E-state index contributed by atoms with van der Waals surface area (Å²) >= 11 is 1.65. The van der Waals surface area contributed by atoms with Crippen LogP contribution in [0.5, 0.6) is 5.75 Å². The molecule has 0 radical (unpaired) electrons. The SMILES string of the molecule is COc1cc(Nc2nc(NC3CCOCC3)c3sccc3n2)ccc1-n1cnc(C)c1. The number of anilines is 3. The summed E-state index contributed by atoms with van der Waals surface area (Å²) in [6.45, 7) is 3.52. The molecule has 0 amide bonds. The second-order valence-electron chi connectivity index (χ2n) is 7.50. The van der Waals surface area contributed by atoms with Crippen molar-refractivity contribution >= 4 is 39.0 Å². The van der Waals surface area contributed by atoms with E-state index in [1.807, 2.05) is 47.3 Å². The van der Waals surface area contributed by atoms with Gasteiger partial charge in [0, 0.05) is 37.2 Å². The summed E-state index contributed by atoms with van der Waals surface area (Å²) in [5.74, 6) is 2.15. The van der Waals surface area contributed by atoms with Gasteiger partial charge < -0.3 is 24.7 Å². The molecule has 5 rings (SSSR count). The Morgan fingerprint density at radius 3 is 2.84 bits per heavy atom. The predicted molar refractivity (Wildman–Crippen MR) is 123 cm³/mol. The number of rotatable bonds is 6. The summed E-state index contributed by atoms with van der Waals surface area (Å²) in [4.78, 5) is 13.8. The first-order chi connectivity index (χ1) is 15.2. The van der Waals surface area contributed by atoms with Gasteiger partial charge in [0.2, 0.25) is 5.95 Å². The third-order valence-corrected chi connectivity index (χ3v) is 6.20. The zero-order valence-electron chi connectivity index (χ0n) is 17.5. The first kappa shape index (κ1) is 19.8. The molecule has 0 atom stereocenters. The topological polar surface area (TPSA) is 86.1 Å². The van der Waals surface area contributed by atoms with Crippen LogP contribution in [0.25, 0.3) is 15.9 Å². The molecule has 9 heteroatoms. The van der Waals surface area contributed by atoms with Crippen LogP contribution in [0.2, 0.25) is 0 Å². The van der Waals surface area contributed by atoms with Gasteiger partial charge in [-0.05, 0) is 43.3 Å². The van der Waals surface area contributed by atoms with E-state index in [0.29, 0.717) is 12.0 Å². The average Bonchev–Trinajstić information content (AvgIpc) is 3.43. The first-order valence-corrected chi connectivity index (χ1v) is 11.1. The number of hydrogen-bond acceptors (Lipinski definition) is 8. The Balaban J connectivity index is 1.43. The van der Waals surface area contributed by atoms with Gasteiger partial charge in [0.1, 0.15) is 11.6 Å². The van der Waals surface area contributed by atoms with Crippen LogP contribution in [0.15, 0.2) is 42.2 Å². The normalized spacial score (nSPS) is 14.6. The zero-order valence-corrected chi connectivity index (χ0v) is 18.3. The highest BCUT2D eigenvalue weighted by atomic mass is 32.1. The van der Waals surface area contributed by atoms with Crippen molar-refractivity contribution in [2.75, 3.05) is 31.0 Å². The minimum Gasteiger partial charge on any atom is -0.494 e. The van der Waals surface area contributed by atoms with Crippen LogP contribution >= 0.6 is 11.3 Å². The third kappa shape index (κ3) is 4.19. The quantitative estimate of drug-likeness (QED) is 0.459. The number of imidazole rings is 1. The van der Waals surface area contributed by atoms with E-state index >= 15 is 0 Å². The van der Waals surface area contributed by atoms with Crippen molar-refractivity contribution in [1.82, 2.24) is 19.5 Å². The highest BCUT2D eigenvalue weighted by Gasteiger charge is 2.17. The van der Waals surface area contributed by atoms with Crippen molar-refractivity contribution in [3.63, 3.8) is 0 Å². The molecule has 2 N–H and O–H groups in total. The molecule has 1 aliphatic heterocycles. The number of aryl methyl sites for hydroxylation is 1. The number of fused-ring (bicyclic) bond motifs is 1. The van der Waals surface area contributed by atoms with Gasteiger partial charge in [0.15, 0.2) is 0 Å². The summed E-state index contributed by atoms with van der Waals surface area (Å²) in [6.07, 6.45) is 5.70. The van der Waals surface area contributed by atoms with Crippen LogP contribution in [0.4, 0.5) is 17.5 Å². The molecule has 1 fully saturated rings. The van der Waals surface area contributed by atoms with Crippen molar-refractivity contribution < 1.29 is 9.47 Å². The van der Waals surface area contributed by atoms with E-state index in [-0.39, 0.29) is 0 Å². The van der Waals surface area contributed by atoms with Gasteiger partial charge in [-0.1, -0.05) is 0 Å². The van der Waals surface area contributed by atoms with Gasteiger partial charge in [0.25, 0.3) is 0 Å². The lowest BCUT2D eigenvalue weighted by Gasteiger charge is -2.24. The van der Waals surface area contributed by atoms with Gasteiger partial charge in [-0.15, -0.1) is 11.3 Å². The molecular weight excluding hydrogens is 412 g/mol. The van der Waals surface area contributed by atoms with Crippen molar-refractivity contribution in [1.29, 1.82) is 0 Å². The fraction of sp³-hybridized carbons (Fsp3) is 0.318. The molecular formula is C22H24N6O2S. The molecule has 160 valence electrons. The van der Waals surface area contributed by atoms with Gasteiger partial charge in [0.05, 0.1) is 35.0 Å². The number of nitrogens with zero attached hydrogens (tertiary/aromatic N) is 4. The number of aromatic nitrogens is 4. The van der Waals surface area contributed by atoms with E-state index < -0.39 is 0 Å². The highest BCUT2D eigenvalue weighted by molar-refractivity contribution is 7.17. The molecule has 4 heterocycles. The van der Waals surface area contributed by atoms with E-state index in [1.54, 1.807) is 24.8 Å².